The molecule has 0 bridgehead atoms. The van der Waals surface area contributed by atoms with Crippen molar-refractivity contribution in [3.05, 3.63) is 459 Å². The zero-order valence-electron chi connectivity index (χ0n) is 71.1. The maximum atomic E-state index is 13.3. The molecular formula is C97H51Cl3F10N8O20Re5-2. The number of aryl methyl sites for hydroxylation is 1. The Morgan fingerprint density at radius 3 is 0.734 bits per heavy atom. The molecule has 0 aliphatic heterocycles. The normalized spacial score (nSPS) is 7.66. The Balaban J connectivity index is -0.0000000784. The molecule has 28 nitrogen and oxygen atoms in total. The summed E-state index contributed by atoms with van der Waals surface area (Å²) in [4.78, 5) is 33.6. The van der Waals surface area contributed by atoms with Crippen molar-refractivity contribution >= 4 is 80.8 Å². The zero-order valence-corrected chi connectivity index (χ0v) is 87.1. The van der Waals surface area contributed by atoms with E-state index in [9.17, 15) is 43.9 Å². The summed E-state index contributed by atoms with van der Waals surface area (Å²) in [5.41, 5.74) is 11.4. The van der Waals surface area contributed by atoms with Gasteiger partial charge in [-0.25, -0.2) is 13.2 Å². The molecule has 5 radical (unpaired) electrons. The van der Waals surface area contributed by atoms with E-state index in [2.05, 4.69) is 198 Å². The summed E-state index contributed by atoms with van der Waals surface area (Å²) in [6.07, 6.45) is 3.08. The van der Waals surface area contributed by atoms with Crippen LogP contribution in [-0.4, -0.2) is 39.9 Å². The van der Waals surface area contributed by atoms with Gasteiger partial charge < -0.3 is 9.97 Å². The monoisotopic (exact) mass is 2880 g/mol. The number of benzene rings is 7. The molecule has 15 rings (SSSR count). The summed E-state index contributed by atoms with van der Waals surface area (Å²) >= 11 is 0. The largest absolute Gasteiger partial charge is 0 e. The second-order valence-corrected chi connectivity index (χ2v) is 21.0. The summed E-state index contributed by atoms with van der Waals surface area (Å²) in [7, 11) is 0. The average Bonchev–Trinajstić information content (AvgIpc) is 0.748. The first kappa shape index (κ1) is 173. The topological polar surface area (TPSA) is 501 Å². The van der Waals surface area contributed by atoms with Gasteiger partial charge >= 0.3 is 238 Å². The van der Waals surface area contributed by atoms with Crippen molar-refractivity contribution in [3.63, 3.8) is 0 Å². The third kappa shape index (κ3) is 64.3. The minimum atomic E-state index is -4.60. The van der Waals surface area contributed by atoms with E-state index < -0.39 is 23.5 Å². The van der Waals surface area contributed by atoms with E-state index in [-0.39, 0.29) is 174 Å². The van der Waals surface area contributed by atoms with Crippen molar-refractivity contribution in [2.75, 3.05) is 0 Å². The Morgan fingerprint density at radius 1 is 0.231 bits per heavy atom. The number of hydrogen-bond acceptors (Lipinski definition) is 8. The van der Waals surface area contributed by atoms with Crippen LogP contribution < -0.4 is 0 Å². The maximum Gasteiger partial charge on any atom is 0 e. The first-order valence-corrected chi connectivity index (χ1v) is 33.1. The van der Waals surface area contributed by atoms with Gasteiger partial charge in [0.15, 0.2) is 0 Å². The standard InChI is InChI=1S/C24H14F2N2.C18H11FN2.C12H6F6N2.C12H10N.C11H7FN.20CO.3ClH.5Re/c25-17-5-1-15(2-6-17)19-11-13-27-23-21(19)9-10-22-20(12-14-28-24(22)23)16-3-7-18(26)8-4-16;19-14-6-3-12(4-7-14)15-9-11-21-18-16(15)8-5-13-2-1-10-20-17(13)18;13-11(14,15)7-1-3-19-9(5-7)10-6-8(2-4-20-10)12(16,17)18;1-10-5-7-11(8-6-10)12-4-2-3-9-13-12;12-10-6-4-9(5-7-10)11-3-1-2-8-13-11;20*1-2;;;;;;;;/h1-14H;1-11H;1-6H;2-7,9H,1H3;1-4,6-8H;;;;;;;;;;;;;;;;;;;;;3*1H;;;;;/q;;;2*-1;;;;;;;;;;;;;;;;;;;;;;;;;;;;. The van der Waals surface area contributed by atoms with Crippen LogP contribution in [0.4, 0.5) is 43.9 Å². The summed E-state index contributed by atoms with van der Waals surface area (Å²) in [6, 6.07) is 67.9. The molecule has 46 heteroatoms. The van der Waals surface area contributed by atoms with Crippen LogP contribution in [0.1, 0.15) is 16.7 Å². The van der Waals surface area contributed by atoms with Gasteiger partial charge in [-0.2, -0.15) is 26.3 Å². The molecule has 0 atom stereocenters. The summed E-state index contributed by atoms with van der Waals surface area (Å²) < 4.78 is 277. The van der Waals surface area contributed by atoms with Crippen molar-refractivity contribution in [1.82, 2.24) is 39.9 Å². The predicted molar refractivity (Wildman–Crippen MR) is 450 cm³/mol. The Kier molecular flexibility index (Phi) is 140. The number of alkyl halides is 6. The molecule has 0 aliphatic carbocycles. The number of nitrogens with zero attached hydrogens (tertiary/aromatic N) is 8. The number of rotatable bonds is 6. The summed E-state index contributed by atoms with van der Waals surface area (Å²) in [5, 5.41) is 3.99. The minimum absolute atomic E-state index is 0. The van der Waals surface area contributed by atoms with Gasteiger partial charge in [0, 0.05) is 179 Å². The molecule has 0 amide bonds. The van der Waals surface area contributed by atoms with Crippen molar-refractivity contribution in [3.8, 4) is 67.3 Å². The van der Waals surface area contributed by atoms with Crippen LogP contribution in [0.25, 0.3) is 111 Å². The number of pyridine rings is 8. The van der Waals surface area contributed by atoms with E-state index in [1.807, 2.05) is 103 Å². The van der Waals surface area contributed by atoms with Crippen LogP contribution in [0.5, 0.6) is 0 Å². The van der Waals surface area contributed by atoms with Gasteiger partial charge in [0.05, 0.1) is 44.6 Å². The van der Waals surface area contributed by atoms with Crippen molar-refractivity contribution in [1.29, 1.82) is 0 Å². The van der Waals surface area contributed by atoms with E-state index in [0.29, 0.717) is 12.1 Å². The molecule has 0 unspecified atom stereocenters. The zero-order chi connectivity index (χ0) is 106. The Morgan fingerprint density at radius 2 is 0.476 bits per heavy atom. The molecule has 0 N–H and O–H groups in total. The van der Waals surface area contributed by atoms with Crippen molar-refractivity contribution < 1.29 is 239 Å². The molecule has 15 aromatic rings. The van der Waals surface area contributed by atoms with Gasteiger partial charge in [0.2, 0.25) is 0 Å². The first-order valence-electron chi connectivity index (χ1n) is 33.1. The first-order chi connectivity index (χ1) is 65.9. The Hall–Kier alpha value is -12.9. The summed E-state index contributed by atoms with van der Waals surface area (Å²) in [5.74, 6) is -1.04. The molecular weight excluding hydrogens is 2820 g/mol. The molecule has 0 saturated carbocycles. The van der Waals surface area contributed by atoms with E-state index in [0.717, 1.165) is 124 Å². The second-order valence-electron chi connectivity index (χ2n) is 21.0. The molecule has 0 aliphatic rings. The van der Waals surface area contributed by atoms with Gasteiger partial charge in [0.1, 0.15) is 17.5 Å². The summed E-state index contributed by atoms with van der Waals surface area (Å²) in [6.45, 7) is 92.1. The predicted octanol–water partition coefficient (Wildman–Crippen LogP) is 21.2. The molecule has 727 valence electrons. The van der Waals surface area contributed by atoms with Crippen LogP contribution in [0.3, 0.4) is 0 Å². The van der Waals surface area contributed by atoms with Gasteiger partial charge in [-0.15, -0.1) is 102 Å². The molecule has 7 aromatic carbocycles. The molecule has 0 saturated heterocycles. The maximum absolute atomic E-state index is 13.3. The van der Waals surface area contributed by atoms with Crippen LogP contribution in [-0.2, 0) is 208 Å². The molecule has 8 heterocycles. The fourth-order valence-corrected chi connectivity index (χ4v) is 9.99. The van der Waals surface area contributed by atoms with Gasteiger partial charge in [-0.3, -0.25) is 34.3 Å². The molecule has 8 aromatic heterocycles. The van der Waals surface area contributed by atoms with E-state index in [1.54, 1.807) is 79.6 Å². The van der Waals surface area contributed by atoms with Crippen molar-refractivity contribution in [2.45, 2.75) is 19.3 Å². The third-order valence-corrected chi connectivity index (χ3v) is 14.6. The van der Waals surface area contributed by atoms with Gasteiger partial charge in [-0.05, 0) is 142 Å². The number of halogens is 13. The number of aromatic nitrogens is 8. The molecule has 143 heavy (non-hydrogen) atoms. The molecule has 0 fully saturated rings. The van der Waals surface area contributed by atoms with E-state index in [4.69, 9.17) is 93.0 Å². The van der Waals surface area contributed by atoms with Crippen LogP contribution in [0.2, 0.25) is 0 Å². The smallest absolute Gasteiger partial charge is 0 e. The van der Waals surface area contributed by atoms with E-state index in [1.165, 1.54) is 54.1 Å². The SMILES string of the molecule is Cc1c[c-]c(-c2ccccn2)cc1.Cl.Cl.Cl.FC(F)(F)c1ccnc(-c2cc(C(F)(F)F)ccn2)c1.Fc1c[c-]c(-c2ccccn2)cc1.Fc1ccc(-c2ccnc3c2ccc2c(-c4ccc(F)cc4)ccnc23)cc1.Fc1ccc(-c2ccnc3c2ccc2cccnc23)cc1.[C-]#[O+].[C-]#[O+].[C-]#[O+].[C-]#[O+].[C-]#[O+].[C-]#[O+].[C-]#[O+].[C-]#[O+].[C-]#[O+].[C-]#[O+].[C-]#[O+].[C-]#[O+].[C-]#[O+].[C-]#[O+].[C-]#[O+].[C-]#[O+].[C-]#[O+].[C-]#[O+].[C-]#[O+].[C-]#[O+].[Re].[Re].[Re].[Re].[Re]. The fourth-order valence-electron chi connectivity index (χ4n) is 9.99. The quantitative estimate of drug-likeness (QED) is 0.0664. The number of hydrogen-bond donors (Lipinski definition) is 0. The third-order valence-electron chi connectivity index (χ3n) is 14.6. The minimum Gasteiger partial charge on any atom is 0 e. The van der Waals surface area contributed by atoms with Crippen LogP contribution in [0, 0.1) is 175 Å². The van der Waals surface area contributed by atoms with Crippen molar-refractivity contribution in [2.24, 2.45) is 0 Å². The van der Waals surface area contributed by atoms with Gasteiger partial charge in [0.25, 0.3) is 0 Å². The van der Waals surface area contributed by atoms with Crippen LogP contribution in [0.15, 0.2) is 274 Å². The van der Waals surface area contributed by atoms with Crippen LogP contribution >= 0.6 is 37.2 Å². The number of fused-ring (bicyclic) bond motifs is 6. The fraction of sp³-hybridized carbons (Fsp3) is 0.0309. The van der Waals surface area contributed by atoms with Gasteiger partial charge in [-0.1, -0.05) is 97.9 Å². The van der Waals surface area contributed by atoms with E-state index >= 15 is 0 Å². The molecule has 0 spiro atoms. The Labute approximate surface area is 898 Å². The Bertz CT molecular complexity index is 5800. The average molecular weight is 2880 g/mol. The second kappa shape index (κ2) is 116.